The Kier molecular flexibility index (Phi) is 46.6. The molecular weight excluding hydrogens is 875 g/mol. The lowest BCUT2D eigenvalue weighted by atomic mass is 9.99. The molecule has 1 fully saturated rings. The molecule has 6 N–H and O–H groups in total. The number of aliphatic hydroxyl groups is 5. The minimum atomic E-state index is -1.57. The average molecular weight is 983 g/mol. The van der Waals surface area contributed by atoms with Gasteiger partial charge in [-0.3, -0.25) is 4.79 Å². The molecule has 0 aromatic rings. The van der Waals surface area contributed by atoms with Crippen molar-refractivity contribution in [2.45, 2.75) is 281 Å². The van der Waals surface area contributed by atoms with Gasteiger partial charge in [-0.2, -0.15) is 0 Å². The number of amides is 1. The maximum atomic E-state index is 13.0. The van der Waals surface area contributed by atoms with Crippen LogP contribution in [-0.2, 0) is 14.3 Å². The summed E-state index contributed by atoms with van der Waals surface area (Å²) in [4.78, 5) is 13.0. The van der Waals surface area contributed by atoms with Gasteiger partial charge in [0.05, 0.1) is 25.4 Å². The molecule has 9 nitrogen and oxygen atoms in total. The predicted octanol–water partition coefficient (Wildman–Crippen LogP) is 14.2. The van der Waals surface area contributed by atoms with Crippen molar-refractivity contribution < 1.29 is 39.8 Å². The summed E-state index contributed by atoms with van der Waals surface area (Å²) in [5.41, 5.74) is 0. The SMILES string of the molecule is CC/C=C\C/C=C\C/C=C\C/C=C\CCCCCCCCCCCCCCCCCCCCCCCCCCC(=O)NC(COC1OC(CO)C(O)C(O)C1O)C(O)/C=C/CC/C=C/CC/C=C/CC. The molecule has 0 bridgehead atoms. The highest BCUT2D eigenvalue weighted by atomic mass is 16.7. The van der Waals surface area contributed by atoms with Crippen molar-refractivity contribution >= 4 is 5.91 Å². The van der Waals surface area contributed by atoms with E-state index in [-0.39, 0.29) is 12.5 Å². The molecule has 1 amide bonds. The van der Waals surface area contributed by atoms with Crippen LogP contribution >= 0.6 is 0 Å². The van der Waals surface area contributed by atoms with E-state index in [2.05, 4.69) is 92.1 Å². The van der Waals surface area contributed by atoms with E-state index in [9.17, 15) is 30.3 Å². The Labute approximate surface area is 429 Å². The summed E-state index contributed by atoms with van der Waals surface area (Å²) in [5.74, 6) is -0.192. The molecule has 0 aromatic carbocycles. The van der Waals surface area contributed by atoms with Crippen LogP contribution in [-0.4, -0.2) is 87.5 Å². The van der Waals surface area contributed by atoms with Crippen LogP contribution in [0.4, 0.5) is 0 Å². The third kappa shape index (κ3) is 39.0. The first-order chi connectivity index (χ1) is 34.3. The second-order valence-electron chi connectivity index (χ2n) is 19.7. The van der Waals surface area contributed by atoms with Crippen LogP contribution in [0.3, 0.4) is 0 Å². The van der Waals surface area contributed by atoms with E-state index in [4.69, 9.17) is 9.47 Å². The summed E-state index contributed by atoms with van der Waals surface area (Å²) in [7, 11) is 0. The second kappa shape index (κ2) is 49.9. The number of allylic oxidation sites excluding steroid dienone is 13. The van der Waals surface area contributed by atoms with Crippen molar-refractivity contribution in [3.05, 3.63) is 85.1 Å². The van der Waals surface area contributed by atoms with Gasteiger partial charge in [-0.25, -0.2) is 0 Å². The summed E-state index contributed by atoms with van der Waals surface area (Å²) >= 11 is 0. The summed E-state index contributed by atoms with van der Waals surface area (Å²) in [5, 5.41) is 54.2. The fourth-order valence-electron chi connectivity index (χ4n) is 8.72. The van der Waals surface area contributed by atoms with Gasteiger partial charge in [0.15, 0.2) is 6.29 Å². The second-order valence-corrected chi connectivity index (χ2v) is 19.7. The predicted molar refractivity (Wildman–Crippen MR) is 295 cm³/mol. The Morgan fingerprint density at radius 1 is 0.486 bits per heavy atom. The van der Waals surface area contributed by atoms with Gasteiger partial charge in [0.25, 0.3) is 0 Å². The largest absolute Gasteiger partial charge is 0.394 e. The van der Waals surface area contributed by atoms with Gasteiger partial charge in [-0.1, -0.05) is 240 Å². The number of carbonyl (C=O) groups is 1. The molecule has 1 heterocycles. The van der Waals surface area contributed by atoms with Crippen LogP contribution < -0.4 is 5.32 Å². The number of carbonyl (C=O) groups excluding carboxylic acids is 1. The number of hydrogen-bond acceptors (Lipinski definition) is 8. The summed E-state index contributed by atoms with van der Waals surface area (Å²) < 4.78 is 11.2. The zero-order valence-electron chi connectivity index (χ0n) is 44.7. The molecule has 0 aromatic heterocycles. The fourth-order valence-corrected chi connectivity index (χ4v) is 8.72. The highest BCUT2D eigenvalue weighted by Gasteiger charge is 2.44. The number of nitrogens with one attached hydrogen (secondary N) is 1. The molecule has 0 radical (unpaired) electrons. The molecule has 404 valence electrons. The number of unbranched alkanes of at least 4 members (excludes halogenated alkanes) is 26. The van der Waals surface area contributed by atoms with Crippen molar-refractivity contribution in [3.63, 3.8) is 0 Å². The summed E-state index contributed by atoms with van der Waals surface area (Å²) in [6.07, 6.45) is 64.1. The van der Waals surface area contributed by atoms with Gasteiger partial charge in [-0.15, -0.1) is 0 Å². The fraction of sp³-hybridized carbons (Fsp3) is 0.754. The zero-order chi connectivity index (χ0) is 50.8. The molecular formula is C61H107NO8. The number of rotatable bonds is 48. The van der Waals surface area contributed by atoms with Gasteiger partial charge in [0.2, 0.25) is 5.91 Å². The monoisotopic (exact) mass is 982 g/mol. The highest BCUT2D eigenvalue weighted by molar-refractivity contribution is 5.76. The third-order valence-electron chi connectivity index (χ3n) is 13.2. The van der Waals surface area contributed by atoms with Crippen molar-refractivity contribution in [2.24, 2.45) is 0 Å². The lowest BCUT2D eigenvalue weighted by molar-refractivity contribution is -0.302. The first kappa shape index (κ1) is 65.4. The number of hydrogen-bond donors (Lipinski definition) is 6. The van der Waals surface area contributed by atoms with Crippen LogP contribution in [0.2, 0.25) is 0 Å². The van der Waals surface area contributed by atoms with Gasteiger partial charge in [0, 0.05) is 6.42 Å². The smallest absolute Gasteiger partial charge is 0.220 e. The Morgan fingerprint density at radius 2 is 0.857 bits per heavy atom. The summed E-state index contributed by atoms with van der Waals surface area (Å²) in [6.45, 7) is 3.51. The Morgan fingerprint density at radius 3 is 1.31 bits per heavy atom. The molecule has 1 rings (SSSR count). The first-order valence-corrected chi connectivity index (χ1v) is 28.8. The minimum Gasteiger partial charge on any atom is -0.394 e. The Hall–Kier alpha value is -2.63. The van der Waals surface area contributed by atoms with Crippen LogP contribution in [0.25, 0.3) is 0 Å². The van der Waals surface area contributed by atoms with Gasteiger partial charge in [-0.05, 0) is 77.0 Å². The Balaban J connectivity index is 2.04. The van der Waals surface area contributed by atoms with E-state index >= 15 is 0 Å². The van der Waals surface area contributed by atoms with Gasteiger partial charge < -0.3 is 40.3 Å². The minimum absolute atomic E-state index is 0.192. The normalized spacial score (nSPS) is 20.0. The molecule has 7 unspecified atom stereocenters. The van der Waals surface area contributed by atoms with Crippen LogP contribution in [0.15, 0.2) is 85.1 Å². The maximum absolute atomic E-state index is 13.0. The first-order valence-electron chi connectivity index (χ1n) is 28.8. The van der Waals surface area contributed by atoms with E-state index in [0.29, 0.717) is 6.42 Å². The number of ether oxygens (including phenoxy) is 2. The molecule has 70 heavy (non-hydrogen) atoms. The van der Waals surface area contributed by atoms with E-state index in [0.717, 1.165) is 77.0 Å². The third-order valence-corrected chi connectivity index (χ3v) is 13.2. The Bertz CT molecular complexity index is 1370. The molecule has 0 aliphatic carbocycles. The molecule has 1 aliphatic heterocycles. The maximum Gasteiger partial charge on any atom is 0.220 e. The molecule has 0 spiro atoms. The van der Waals surface area contributed by atoms with E-state index in [1.807, 2.05) is 6.08 Å². The van der Waals surface area contributed by atoms with Crippen LogP contribution in [0, 0.1) is 0 Å². The van der Waals surface area contributed by atoms with Gasteiger partial charge in [0.1, 0.15) is 24.4 Å². The van der Waals surface area contributed by atoms with Crippen molar-refractivity contribution in [1.82, 2.24) is 5.32 Å². The van der Waals surface area contributed by atoms with Crippen LogP contribution in [0.1, 0.15) is 239 Å². The van der Waals surface area contributed by atoms with Gasteiger partial charge >= 0.3 is 0 Å². The average Bonchev–Trinajstić information content (AvgIpc) is 3.36. The van der Waals surface area contributed by atoms with Crippen molar-refractivity contribution in [3.8, 4) is 0 Å². The van der Waals surface area contributed by atoms with E-state index in [1.54, 1.807) is 6.08 Å². The molecule has 7 atom stereocenters. The van der Waals surface area contributed by atoms with Crippen molar-refractivity contribution in [2.75, 3.05) is 13.2 Å². The summed E-state index contributed by atoms with van der Waals surface area (Å²) in [6, 6.07) is -0.828. The zero-order valence-corrected chi connectivity index (χ0v) is 44.7. The molecule has 1 aliphatic rings. The molecule has 9 heteroatoms. The molecule has 0 saturated carbocycles. The standard InChI is InChI=1S/C61H107NO8/c1-3-5-7-9-11-13-15-16-17-18-19-20-21-22-23-24-25-26-27-28-29-30-31-32-33-34-35-36-37-38-39-40-41-43-45-47-49-51-57(65)62-54(53-69-61-60(68)59(67)58(66)56(52-63)70-61)55(64)50-48-46-44-42-14-12-10-8-6-4-2/h5-8,11,13-14,16-17,19-20,42,48,50,54-56,58-61,63-64,66-68H,3-4,9-10,12,15,18,21-41,43-47,49,51-53H2,1-2H3,(H,62,65)/b7-5-,8-6+,13-11-,17-16-,20-19-,42-14+,50-48+. The molecule has 1 saturated heterocycles. The number of aliphatic hydroxyl groups excluding tert-OH is 5. The van der Waals surface area contributed by atoms with Crippen LogP contribution in [0.5, 0.6) is 0 Å². The highest BCUT2D eigenvalue weighted by Crippen LogP contribution is 2.23. The quantitative estimate of drug-likeness (QED) is 0.0261. The van der Waals surface area contributed by atoms with E-state index in [1.165, 1.54) is 141 Å². The van der Waals surface area contributed by atoms with Crippen molar-refractivity contribution in [1.29, 1.82) is 0 Å². The van der Waals surface area contributed by atoms with E-state index < -0.39 is 49.5 Å². The lowest BCUT2D eigenvalue weighted by Crippen LogP contribution is -2.60. The lowest BCUT2D eigenvalue weighted by Gasteiger charge is -2.40. The topological polar surface area (TPSA) is 149 Å².